The quantitative estimate of drug-likeness (QED) is 0.800. The molecule has 0 aromatic heterocycles. The number of ether oxygens (including phenoxy) is 1. The number of carboxylic acids is 1. The summed E-state index contributed by atoms with van der Waals surface area (Å²) >= 11 is 1.33. The molecule has 0 saturated heterocycles. The maximum absolute atomic E-state index is 12.0. The van der Waals surface area contributed by atoms with Gasteiger partial charge in [0, 0.05) is 4.90 Å². The first-order valence-corrected chi connectivity index (χ1v) is 5.94. The van der Waals surface area contributed by atoms with Crippen LogP contribution in [0.25, 0.3) is 0 Å². The van der Waals surface area contributed by atoms with Gasteiger partial charge in [-0.15, -0.1) is 11.8 Å². The molecule has 0 heterocycles. The van der Waals surface area contributed by atoms with E-state index in [1.165, 1.54) is 17.8 Å². The van der Waals surface area contributed by atoms with Crippen LogP contribution >= 0.6 is 11.8 Å². The first kappa shape index (κ1) is 13.8. The summed E-state index contributed by atoms with van der Waals surface area (Å²) in [6.07, 6.45) is -2.63. The molecule has 0 aliphatic heterocycles. The Hall–Kier alpha value is -1.30. The highest BCUT2D eigenvalue weighted by atomic mass is 32.2. The summed E-state index contributed by atoms with van der Waals surface area (Å²) in [6.45, 7) is 1.07. The number of thioether (sulfide) groups is 1. The maximum Gasteiger partial charge on any atom is 0.340 e. The Labute approximate surface area is 102 Å². The Morgan fingerprint density at radius 1 is 1.53 bits per heavy atom. The highest BCUT2D eigenvalue weighted by molar-refractivity contribution is 7.99. The summed E-state index contributed by atoms with van der Waals surface area (Å²) in [6, 6.07) is 4.60. The van der Waals surface area contributed by atoms with E-state index >= 15 is 0 Å². The zero-order chi connectivity index (χ0) is 12.8. The summed E-state index contributed by atoms with van der Waals surface area (Å²) in [5, 5.41) is 9.06. The largest absolute Gasteiger partial charge is 0.487 e. The van der Waals surface area contributed by atoms with Gasteiger partial charge in [-0.1, -0.05) is 13.0 Å². The van der Waals surface area contributed by atoms with Gasteiger partial charge in [0.15, 0.2) is 0 Å². The topological polar surface area (TPSA) is 46.5 Å². The van der Waals surface area contributed by atoms with Crippen LogP contribution in [0.3, 0.4) is 0 Å². The Balaban J connectivity index is 3.02. The van der Waals surface area contributed by atoms with E-state index in [2.05, 4.69) is 0 Å². The van der Waals surface area contributed by atoms with E-state index in [0.717, 1.165) is 0 Å². The molecule has 17 heavy (non-hydrogen) atoms. The van der Waals surface area contributed by atoms with Crippen LogP contribution in [0.1, 0.15) is 17.3 Å². The fourth-order valence-corrected chi connectivity index (χ4v) is 2.09. The number of benzene rings is 1. The number of halogens is 2. The van der Waals surface area contributed by atoms with Crippen LogP contribution < -0.4 is 4.74 Å². The molecule has 1 aromatic carbocycles. The third-order valence-corrected chi connectivity index (χ3v) is 2.81. The van der Waals surface area contributed by atoms with Crippen molar-refractivity contribution in [1.82, 2.24) is 0 Å². The highest BCUT2D eigenvalue weighted by Gasteiger charge is 2.17. The van der Waals surface area contributed by atoms with Crippen molar-refractivity contribution in [2.75, 3.05) is 12.4 Å². The number of rotatable bonds is 6. The smallest absolute Gasteiger partial charge is 0.340 e. The molecule has 0 aliphatic carbocycles. The lowest BCUT2D eigenvalue weighted by Crippen LogP contribution is -2.11. The van der Waals surface area contributed by atoms with E-state index in [9.17, 15) is 13.6 Å². The summed E-state index contributed by atoms with van der Waals surface area (Å²) in [5.41, 5.74) is -0.0556. The molecular formula is C11H12F2O3S. The second kappa shape index (κ2) is 6.44. The zero-order valence-electron chi connectivity index (χ0n) is 9.15. The van der Waals surface area contributed by atoms with Gasteiger partial charge in [-0.25, -0.2) is 13.6 Å². The SMILES string of the molecule is CCSc1cccc(OCC(F)F)c1C(=O)O. The van der Waals surface area contributed by atoms with E-state index in [1.54, 1.807) is 12.1 Å². The van der Waals surface area contributed by atoms with Crippen LogP contribution in [0.2, 0.25) is 0 Å². The molecule has 0 radical (unpaired) electrons. The molecule has 1 N–H and O–H groups in total. The van der Waals surface area contributed by atoms with Crippen LogP contribution in [0.15, 0.2) is 23.1 Å². The lowest BCUT2D eigenvalue weighted by atomic mass is 10.2. The minimum absolute atomic E-state index is 0.0174. The average Bonchev–Trinajstić information content (AvgIpc) is 2.26. The molecule has 1 aromatic rings. The standard InChI is InChI=1S/C11H12F2O3S/c1-2-17-8-5-3-4-7(10(8)11(14)15)16-6-9(12)13/h3-5,9H,2,6H2,1H3,(H,14,15). The molecular weight excluding hydrogens is 250 g/mol. The second-order valence-electron chi connectivity index (χ2n) is 3.07. The van der Waals surface area contributed by atoms with Crippen molar-refractivity contribution < 1.29 is 23.4 Å². The fraction of sp³-hybridized carbons (Fsp3) is 0.364. The molecule has 0 saturated carbocycles. The van der Waals surface area contributed by atoms with Gasteiger partial charge in [0.1, 0.15) is 17.9 Å². The lowest BCUT2D eigenvalue weighted by molar-refractivity contribution is 0.0659. The van der Waals surface area contributed by atoms with Gasteiger partial charge in [0.05, 0.1) is 0 Å². The first-order valence-electron chi connectivity index (χ1n) is 4.96. The van der Waals surface area contributed by atoms with Gasteiger partial charge in [-0.3, -0.25) is 0 Å². The molecule has 0 unspecified atom stereocenters. The van der Waals surface area contributed by atoms with Crippen LogP contribution in [0.5, 0.6) is 5.75 Å². The maximum atomic E-state index is 12.0. The van der Waals surface area contributed by atoms with E-state index in [4.69, 9.17) is 9.84 Å². The normalized spacial score (nSPS) is 10.6. The van der Waals surface area contributed by atoms with E-state index in [1.807, 2.05) is 6.92 Å². The molecule has 0 amide bonds. The number of alkyl halides is 2. The Morgan fingerprint density at radius 3 is 2.76 bits per heavy atom. The van der Waals surface area contributed by atoms with E-state index in [0.29, 0.717) is 10.6 Å². The molecule has 3 nitrogen and oxygen atoms in total. The highest BCUT2D eigenvalue weighted by Crippen LogP contribution is 2.30. The third-order valence-electron chi connectivity index (χ3n) is 1.87. The third kappa shape index (κ3) is 3.89. The molecule has 0 atom stereocenters. The zero-order valence-corrected chi connectivity index (χ0v) is 9.97. The Bertz CT molecular complexity index is 396. The van der Waals surface area contributed by atoms with Crippen molar-refractivity contribution in [3.05, 3.63) is 23.8 Å². The lowest BCUT2D eigenvalue weighted by Gasteiger charge is -2.11. The summed E-state index contributed by atoms with van der Waals surface area (Å²) < 4.78 is 28.9. The van der Waals surface area contributed by atoms with Crippen molar-refractivity contribution in [1.29, 1.82) is 0 Å². The van der Waals surface area contributed by atoms with Gasteiger partial charge >= 0.3 is 5.97 Å². The van der Waals surface area contributed by atoms with E-state index in [-0.39, 0.29) is 11.3 Å². The summed E-state index contributed by atoms with van der Waals surface area (Å²) in [5.74, 6) is -0.499. The molecule has 0 bridgehead atoms. The number of hydrogen-bond acceptors (Lipinski definition) is 3. The van der Waals surface area contributed by atoms with Crippen molar-refractivity contribution in [2.24, 2.45) is 0 Å². The van der Waals surface area contributed by atoms with Gasteiger partial charge in [0.2, 0.25) is 0 Å². The average molecular weight is 262 g/mol. The number of aromatic carboxylic acids is 1. The molecule has 94 valence electrons. The second-order valence-corrected chi connectivity index (χ2v) is 4.38. The van der Waals surface area contributed by atoms with Crippen LogP contribution in [-0.4, -0.2) is 29.9 Å². The fourth-order valence-electron chi connectivity index (χ4n) is 1.27. The summed E-state index contributed by atoms with van der Waals surface area (Å²) in [7, 11) is 0. The van der Waals surface area contributed by atoms with Crippen molar-refractivity contribution in [3.8, 4) is 5.75 Å². The first-order chi connectivity index (χ1) is 8.06. The number of carboxylic acid groups (broad SMARTS) is 1. The van der Waals surface area contributed by atoms with Crippen LogP contribution in [0.4, 0.5) is 8.78 Å². The minimum Gasteiger partial charge on any atom is -0.487 e. The van der Waals surface area contributed by atoms with Gasteiger partial charge < -0.3 is 9.84 Å². The Morgan fingerprint density at radius 2 is 2.24 bits per heavy atom. The van der Waals surface area contributed by atoms with E-state index < -0.39 is 19.0 Å². The van der Waals surface area contributed by atoms with Gasteiger partial charge in [0.25, 0.3) is 6.43 Å². The molecule has 0 fully saturated rings. The minimum atomic E-state index is -2.63. The van der Waals surface area contributed by atoms with Crippen molar-refractivity contribution in [2.45, 2.75) is 18.2 Å². The Kier molecular flexibility index (Phi) is 5.21. The number of hydrogen-bond donors (Lipinski definition) is 1. The molecule has 1 rings (SSSR count). The van der Waals surface area contributed by atoms with Gasteiger partial charge in [-0.05, 0) is 17.9 Å². The predicted molar refractivity (Wildman–Crippen MR) is 61.3 cm³/mol. The molecule has 0 spiro atoms. The van der Waals surface area contributed by atoms with Crippen LogP contribution in [-0.2, 0) is 0 Å². The monoisotopic (exact) mass is 262 g/mol. The van der Waals surface area contributed by atoms with Gasteiger partial charge in [-0.2, -0.15) is 0 Å². The van der Waals surface area contributed by atoms with Crippen LogP contribution in [0, 0.1) is 0 Å². The predicted octanol–water partition coefficient (Wildman–Crippen LogP) is 3.14. The van der Waals surface area contributed by atoms with Crippen molar-refractivity contribution in [3.63, 3.8) is 0 Å². The molecule has 6 heteroatoms. The molecule has 0 aliphatic rings. The number of carbonyl (C=O) groups is 1. The van der Waals surface area contributed by atoms with Crippen molar-refractivity contribution >= 4 is 17.7 Å². The summed E-state index contributed by atoms with van der Waals surface area (Å²) in [4.78, 5) is 11.6.